The maximum absolute atomic E-state index is 11.4. The summed E-state index contributed by atoms with van der Waals surface area (Å²) in [7, 11) is 0. The zero-order chi connectivity index (χ0) is 15.5. The van der Waals surface area contributed by atoms with Gasteiger partial charge in [0.1, 0.15) is 11.9 Å². The Morgan fingerprint density at radius 1 is 1.32 bits per heavy atom. The SMILES string of the molecule is Cc1ccccc1-c1nc2ccc(NC(=O)CC#N)cc2o1. The summed E-state index contributed by atoms with van der Waals surface area (Å²) in [5.74, 6) is 0.203. The number of nitrogens with one attached hydrogen (secondary N) is 1. The Kier molecular flexibility index (Phi) is 3.58. The van der Waals surface area contributed by atoms with Crippen molar-refractivity contribution in [1.82, 2.24) is 4.98 Å². The minimum Gasteiger partial charge on any atom is -0.436 e. The molecular weight excluding hydrogens is 278 g/mol. The van der Waals surface area contributed by atoms with Crippen LogP contribution < -0.4 is 5.32 Å². The van der Waals surface area contributed by atoms with Crippen LogP contribution in [0.1, 0.15) is 12.0 Å². The van der Waals surface area contributed by atoms with Crippen molar-refractivity contribution < 1.29 is 9.21 Å². The fourth-order valence-corrected chi connectivity index (χ4v) is 2.21. The standard InChI is InChI=1S/C17H13N3O2/c1-11-4-2-3-5-13(11)17-20-14-7-6-12(10-15(14)22-17)19-16(21)8-9-18/h2-7,10H,8H2,1H3,(H,19,21). The third-order valence-corrected chi connectivity index (χ3v) is 3.29. The highest BCUT2D eigenvalue weighted by molar-refractivity contribution is 5.94. The quantitative estimate of drug-likeness (QED) is 0.798. The van der Waals surface area contributed by atoms with E-state index in [-0.39, 0.29) is 12.3 Å². The summed E-state index contributed by atoms with van der Waals surface area (Å²) in [6.07, 6.45) is -0.178. The van der Waals surface area contributed by atoms with Gasteiger partial charge in [-0.1, -0.05) is 18.2 Å². The highest BCUT2D eigenvalue weighted by Crippen LogP contribution is 2.28. The molecule has 0 aliphatic carbocycles. The molecule has 5 nitrogen and oxygen atoms in total. The summed E-state index contributed by atoms with van der Waals surface area (Å²) in [5.41, 5.74) is 3.91. The van der Waals surface area contributed by atoms with E-state index in [1.807, 2.05) is 37.3 Å². The number of nitrogens with zero attached hydrogens (tertiary/aromatic N) is 2. The molecule has 0 aliphatic rings. The second-order valence-corrected chi connectivity index (χ2v) is 4.90. The summed E-state index contributed by atoms with van der Waals surface area (Å²) in [5, 5.41) is 11.1. The van der Waals surface area contributed by atoms with Gasteiger partial charge in [-0.3, -0.25) is 4.79 Å². The van der Waals surface area contributed by atoms with Gasteiger partial charge in [-0.2, -0.15) is 5.26 Å². The van der Waals surface area contributed by atoms with Crippen LogP contribution >= 0.6 is 0 Å². The second-order valence-electron chi connectivity index (χ2n) is 4.90. The molecule has 0 fully saturated rings. The molecule has 5 heteroatoms. The number of anilines is 1. The first-order valence-electron chi connectivity index (χ1n) is 6.81. The fraction of sp³-hybridized carbons (Fsp3) is 0.118. The first-order chi connectivity index (χ1) is 10.7. The highest BCUT2D eigenvalue weighted by Gasteiger charge is 2.11. The van der Waals surface area contributed by atoms with Gasteiger partial charge < -0.3 is 9.73 Å². The molecule has 0 aliphatic heterocycles. The first kappa shape index (κ1) is 13.8. The van der Waals surface area contributed by atoms with Crippen LogP contribution in [0.15, 0.2) is 46.9 Å². The molecular formula is C17H13N3O2. The van der Waals surface area contributed by atoms with Crippen molar-refractivity contribution in [2.75, 3.05) is 5.32 Å². The van der Waals surface area contributed by atoms with Gasteiger partial charge in [0.2, 0.25) is 11.8 Å². The molecule has 3 aromatic rings. The van der Waals surface area contributed by atoms with E-state index in [1.165, 1.54) is 0 Å². The molecule has 0 spiro atoms. The Morgan fingerprint density at radius 3 is 2.91 bits per heavy atom. The van der Waals surface area contributed by atoms with Crippen LogP contribution in [0.2, 0.25) is 0 Å². The highest BCUT2D eigenvalue weighted by atomic mass is 16.3. The Hall–Kier alpha value is -3.13. The van der Waals surface area contributed by atoms with Crippen molar-refractivity contribution in [2.24, 2.45) is 0 Å². The van der Waals surface area contributed by atoms with Crippen molar-refractivity contribution in [1.29, 1.82) is 5.26 Å². The van der Waals surface area contributed by atoms with Crippen LogP contribution in [0, 0.1) is 18.3 Å². The molecule has 0 saturated carbocycles. The average Bonchev–Trinajstić information content (AvgIpc) is 2.90. The lowest BCUT2D eigenvalue weighted by Gasteiger charge is -2.01. The van der Waals surface area contributed by atoms with Gasteiger partial charge in [-0.05, 0) is 30.7 Å². The molecule has 3 rings (SSSR count). The van der Waals surface area contributed by atoms with Gasteiger partial charge in [0.25, 0.3) is 0 Å². The molecule has 1 heterocycles. The number of oxazole rings is 1. The fourth-order valence-electron chi connectivity index (χ4n) is 2.21. The van der Waals surface area contributed by atoms with Crippen molar-refractivity contribution in [2.45, 2.75) is 13.3 Å². The number of nitriles is 1. The minimum absolute atomic E-state index is 0.178. The van der Waals surface area contributed by atoms with Gasteiger partial charge in [-0.25, -0.2) is 4.98 Å². The molecule has 0 bridgehead atoms. The third-order valence-electron chi connectivity index (χ3n) is 3.29. The van der Waals surface area contributed by atoms with E-state index < -0.39 is 0 Å². The number of fused-ring (bicyclic) bond motifs is 1. The number of amides is 1. The Balaban J connectivity index is 1.96. The predicted molar refractivity (Wildman–Crippen MR) is 83.0 cm³/mol. The van der Waals surface area contributed by atoms with E-state index in [4.69, 9.17) is 9.68 Å². The molecule has 22 heavy (non-hydrogen) atoms. The number of aromatic nitrogens is 1. The zero-order valence-corrected chi connectivity index (χ0v) is 12.0. The summed E-state index contributed by atoms with van der Waals surface area (Å²) in [4.78, 5) is 15.9. The van der Waals surface area contributed by atoms with Gasteiger partial charge in [-0.15, -0.1) is 0 Å². The van der Waals surface area contributed by atoms with Crippen LogP contribution in [-0.2, 0) is 4.79 Å². The molecule has 108 valence electrons. The van der Waals surface area contributed by atoms with E-state index in [0.717, 1.165) is 16.6 Å². The molecule has 2 aromatic carbocycles. The number of benzene rings is 2. The Bertz CT molecular complexity index is 890. The normalized spacial score (nSPS) is 10.4. The number of carbonyl (C=O) groups excluding carboxylic acids is 1. The Labute approximate surface area is 127 Å². The number of rotatable bonds is 3. The number of aryl methyl sites for hydroxylation is 1. The summed E-state index contributed by atoms with van der Waals surface area (Å²) in [6.45, 7) is 2.00. The van der Waals surface area contributed by atoms with Gasteiger partial charge in [0.15, 0.2) is 5.58 Å². The van der Waals surface area contributed by atoms with Crippen molar-refractivity contribution in [3.05, 3.63) is 48.0 Å². The van der Waals surface area contributed by atoms with Crippen LogP contribution in [-0.4, -0.2) is 10.9 Å². The largest absolute Gasteiger partial charge is 0.436 e. The second kappa shape index (κ2) is 5.70. The van der Waals surface area contributed by atoms with Crippen molar-refractivity contribution in [3.8, 4) is 17.5 Å². The van der Waals surface area contributed by atoms with Gasteiger partial charge in [0.05, 0.1) is 6.07 Å². The Morgan fingerprint density at radius 2 is 2.14 bits per heavy atom. The monoisotopic (exact) mass is 291 g/mol. The van der Waals surface area contributed by atoms with Crippen LogP contribution in [0.25, 0.3) is 22.6 Å². The van der Waals surface area contributed by atoms with Gasteiger partial charge >= 0.3 is 0 Å². The number of carbonyl (C=O) groups is 1. The topological polar surface area (TPSA) is 78.9 Å². The molecule has 1 amide bonds. The lowest BCUT2D eigenvalue weighted by Crippen LogP contribution is -2.09. The predicted octanol–water partition coefficient (Wildman–Crippen LogP) is 3.66. The zero-order valence-electron chi connectivity index (χ0n) is 12.0. The number of hydrogen-bond acceptors (Lipinski definition) is 4. The maximum atomic E-state index is 11.4. The lowest BCUT2D eigenvalue weighted by molar-refractivity contribution is -0.115. The van der Waals surface area contributed by atoms with Gasteiger partial charge in [0, 0.05) is 17.3 Å². The minimum atomic E-state index is -0.347. The van der Waals surface area contributed by atoms with Crippen molar-refractivity contribution >= 4 is 22.7 Å². The van der Waals surface area contributed by atoms with Crippen LogP contribution in [0.4, 0.5) is 5.69 Å². The molecule has 1 aromatic heterocycles. The lowest BCUT2D eigenvalue weighted by atomic mass is 10.1. The maximum Gasteiger partial charge on any atom is 0.238 e. The summed E-state index contributed by atoms with van der Waals surface area (Å²) < 4.78 is 5.79. The molecule has 0 radical (unpaired) electrons. The molecule has 0 saturated heterocycles. The molecule has 1 N–H and O–H groups in total. The first-order valence-corrected chi connectivity index (χ1v) is 6.81. The van der Waals surface area contributed by atoms with E-state index in [9.17, 15) is 4.79 Å². The van der Waals surface area contributed by atoms with Crippen LogP contribution in [0.5, 0.6) is 0 Å². The van der Waals surface area contributed by atoms with E-state index in [2.05, 4.69) is 10.3 Å². The van der Waals surface area contributed by atoms with E-state index >= 15 is 0 Å². The van der Waals surface area contributed by atoms with E-state index in [0.29, 0.717) is 17.2 Å². The average molecular weight is 291 g/mol. The third kappa shape index (κ3) is 2.67. The van der Waals surface area contributed by atoms with E-state index in [1.54, 1.807) is 18.2 Å². The van der Waals surface area contributed by atoms with Crippen molar-refractivity contribution in [3.63, 3.8) is 0 Å². The molecule has 0 atom stereocenters. The smallest absolute Gasteiger partial charge is 0.238 e. The van der Waals surface area contributed by atoms with Crippen LogP contribution in [0.3, 0.4) is 0 Å². The number of hydrogen-bond donors (Lipinski definition) is 1. The summed E-state index contributed by atoms with van der Waals surface area (Å²) in [6, 6.07) is 14.9. The molecule has 0 unspecified atom stereocenters. The summed E-state index contributed by atoms with van der Waals surface area (Å²) >= 11 is 0.